The number of aromatic nitrogens is 3. The van der Waals surface area contributed by atoms with Crippen molar-refractivity contribution in [3.63, 3.8) is 0 Å². The fourth-order valence-corrected chi connectivity index (χ4v) is 4.90. The molecule has 1 fully saturated rings. The second-order valence-electron chi connectivity index (χ2n) is 10.8. The first kappa shape index (κ1) is 26.5. The van der Waals surface area contributed by atoms with Crippen molar-refractivity contribution < 1.29 is 4.79 Å². The minimum absolute atomic E-state index is 0.0484. The van der Waals surface area contributed by atoms with E-state index in [1.807, 2.05) is 17.8 Å². The number of rotatable bonds is 9. The van der Waals surface area contributed by atoms with E-state index >= 15 is 0 Å². The van der Waals surface area contributed by atoms with Gasteiger partial charge in [0.2, 0.25) is 0 Å². The van der Waals surface area contributed by atoms with Gasteiger partial charge in [-0.15, -0.1) is 0 Å². The van der Waals surface area contributed by atoms with Gasteiger partial charge < -0.3 is 10.6 Å². The predicted molar refractivity (Wildman–Crippen MR) is 142 cm³/mol. The molecule has 0 saturated heterocycles. The van der Waals surface area contributed by atoms with Crippen molar-refractivity contribution in [2.75, 3.05) is 11.9 Å². The van der Waals surface area contributed by atoms with Crippen molar-refractivity contribution >= 4 is 23.3 Å². The number of nitrogens with zero attached hydrogens (tertiary/aromatic N) is 3. The fraction of sp³-hybridized carbons (Fsp3) is 0.667. The number of amides is 1. The van der Waals surface area contributed by atoms with Crippen LogP contribution in [0.1, 0.15) is 103 Å². The van der Waals surface area contributed by atoms with E-state index in [1.165, 1.54) is 25.7 Å². The Morgan fingerprint density at radius 1 is 1.24 bits per heavy atom. The smallest absolute Gasteiger partial charge is 0.273 e. The summed E-state index contributed by atoms with van der Waals surface area (Å²) in [6.45, 7) is 16.4. The number of anilines is 1. The molecular weight excluding hydrogens is 446 g/mol. The second kappa shape index (κ2) is 11.1. The Bertz CT molecular complexity index is 989. The van der Waals surface area contributed by atoms with Crippen molar-refractivity contribution in [3.05, 3.63) is 28.5 Å². The standard InChI is InChI=1S/C27H42ClN5O/c1-8-27(6,7)31-22-14-20(17(3)4)21(16-29-22)25-23(28)24(32-33(25)9-2)26(34)30-15-19-12-10-18(5)11-13-19/h14,16-19H,8-13,15H2,1-7H3,(H,29,31)(H,30,34). The summed E-state index contributed by atoms with van der Waals surface area (Å²) in [5.41, 5.74) is 3.07. The zero-order valence-corrected chi connectivity index (χ0v) is 22.7. The normalized spacial score (nSPS) is 18.9. The number of hydrogen-bond acceptors (Lipinski definition) is 4. The van der Waals surface area contributed by atoms with Crippen molar-refractivity contribution in [1.82, 2.24) is 20.1 Å². The summed E-state index contributed by atoms with van der Waals surface area (Å²) in [4.78, 5) is 17.7. The van der Waals surface area contributed by atoms with Crippen LogP contribution in [0, 0.1) is 11.8 Å². The summed E-state index contributed by atoms with van der Waals surface area (Å²) in [5, 5.41) is 11.6. The Hall–Kier alpha value is -2.08. The van der Waals surface area contributed by atoms with E-state index in [2.05, 4.69) is 63.3 Å². The van der Waals surface area contributed by atoms with Gasteiger partial charge in [-0.3, -0.25) is 9.48 Å². The zero-order valence-electron chi connectivity index (χ0n) is 22.0. The Kier molecular flexibility index (Phi) is 8.66. The minimum Gasteiger partial charge on any atom is -0.365 e. The van der Waals surface area contributed by atoms with E-state index in [9.17, 15) is 4.79 Å². The molecule has 1 aliphatic rings. The first-order valence-electron chi connectivity index (χ1n) is 12.9. The lowest BCUT2D eigenvalue weighted by Crippen LogP contribution is -2.31. The van der Waals surface area contributed by atoms with Crippen molar-refractivity contribution in [2.45, 2.75) is 98.6 Å². The molecule has 3 rings (SSSR count). The van der Waals surface area contributed by atoms with Gasteiger partial charge >= 0.3 is 0 Å². The quantitative estimate of drug-likeness (QED) is 0.403. The zero-order chi connectivity index (χ0) is 25.0. The summed E-state index contributed by atoms with van der Waals surface area (Å²) in [7, 11) is 0. The van der Waals surface area contributed by atoms with Crippen LogP contribution >= 0.6 is 11.6 Å². The molecule has 0 aliphatic heterocycles. The highest BCUT2D eigenvalue weighted by Gasteiger charge is 2.26. The Balaban J connectivity index is 1.89. The van der Waals surface area contributed by atoms with Crippen LogP contribution in [-0.2, 0) is 6.54 Å². The molecule has 2 N–H and O–H groups in total. The van der Waals surface area contributed by atoms with Crippen LogP contribution in [0.3, 0.4) is 0 Å². The number of carbonyl (C=O) groups excluding carboxylic acids is 1. The molecule has 188 valence electrons. The summed E-state index contributed by atoms with van der Waals surface area (Å²) >= 11 is 6.84. The molecule has 0 bridgehead atoms. The van der Waals surface area contributed by atoms with E-state index in [-0.39, 0.29) is 17.4 Å². The lowest BCUT2D eigenvalue weighted by Gasteiger charge is -2.26. The molecule has 0 aromatic carbocycles. The van der Waals surface area contributed by atoms with Gasteiger partial charge in [0, 0.05) is 30.4 Å². The van der Waals surface area contributed by atoms with Gasteiger partial charge in [0.1, 0.15) is 5.82 Å². The van der Waals surface area contributed by atoms with Crippen molar-refractivity contribution in [2.24, 2.45) is 11.8 Å². The summed E-state index contributed by atoms with van der Waals surface area (Å²) in [6, 6.07) is 2.10. The van der Waals surface area contributed by atoms with E-state index in [4.69, 9.17) is 16.6 Å². The van der Waals surface area contributed by atoms with Gasteiger partial charge in [-0.1, -0.05) is 52.1 Å². The molecule has 1 aliphatic carbocycles. The number of carbonyl (C=O) groups is 1. The lowest BCUT2D eigenvalue weighted by atomic mass is 9.83. The van der Waals surface area contributed by atoms with Crippen LogP contribution in [0.2, 0.25) is 5.02 Å². The third kappa shape index (κ3) is 6.12. The summed E-state index contributed by atoms with van der Waals surface area (Å²) in [5.74, 6) is 2.24. The highest BCUT2D eigenvalue weighted by Crippen LogP contribution is 2.37. The summed E-state index contributed by atoms with van der Waals surface area (Å²) < 4.78 is 1.82. The SMILES string of the molecule is CCn1nc(C(=O)NCC2CCC(C)CC2)c(Cl)c1-c1cnc(NC(C)(C)CC)cc1C(C)C. The van der Waals surface area contributed by atoms with E-state index < -0.39 is 0 Å². The molecule has 34 heavy (non-hydrogen) atoms. The Labute approximate surface area is 210 Å². The maximum absolute atomic E-state index is 13.1. The molecule has 0 spiro atoms. The van der Waals surface area contributed by atoms with Crippen molar-refractivity contribution in [1.29, 1.82) is 0 Å². The first-order valence-corrected chi connectivity index (χ1v) is 13.3. The number of pyridine rings is 1. The van der Waals surface area contributed by atoms with E-state index in [1.54, 1.807) is 0 Å². The molecular formula is C27H42ClN5O. The number of hydrogen-bond donors (Lipinski definition) is 2. The largest absolute Gasteiger partial charge is 0.365 e. The van der Waals surface area contributed by atoms with Crippen molar-refractivity contribution in [3.8, 4) is 11.3 Å². The van der Waals surface area contributed by atoms with Crippen LogP contribution in [0.15, 0.2) is 12.3 Å². The van der Waals surface area contributed by atoms with Crippen LogP contribution in [0.5, 0.6) is 0 Å². The van der Waals surface area contributed by atoms with Gasteiger partial charge in [-0.25, -0.2) is 4.98 Å². The maximum atomic E-state index is 13.1. The predicted octanol–water partition coefficient (Wildman–Crippen LogP) is 6.90. The molecule has 6 nitrogen and oxygen atoms in total. The summed E-state index contributed by atoms with van der Waals surface area (Å²) in [6.07, 6.45) is 7.66. The molecule has 1 saturated carbocycles. The molecule has 0 radical (unpaired) electrons. The maximum Gasteiger partial charge on any atom is 0.273 e. The molecule has 7 heteroatoms. The highest BCUT2D eigenvalue weighted by molar-refractivity contribution is 6.36. The minimum atomic E-state index is -0.195. The van der Waals surface area contributed by atoms with Gasteiger partial charge in [-0.2, -0.15) is 5.10 Å². The molecule has 2 aromatic rings. The molecule has 2 aromatic heterocycles. The van der Waals surface area contributed by atoms with Crippen LogP contribution < -0.4 is 10.6 Å². The topological polar surface area (TPSA) is 71.8 Å². The second-order valence-corrected chi connectivity index (χ2v) is 11.2. The highest BCUT2D eigenvalue weighted by atomic mass is 35.5. The van der Waals surface area contributed by atoms with Crippen LogP contribution in [-0.4, -0.2) is 32.8 Å². The fourth-order valence-electron chi connectivity index (χ4n) is 4.58. The number of nitrogens with one attached hydrogen (secondary N) is 2. The number of aryl methyl sites for hydroxylation is 1. The average Bonchev–Trinajstić information content (AvgIpc) is 3.14. The molecule has 2 heterocycles. The van der Waals surface area contributed by atoms with E-state index in [0.717, 1.165) is 35.0 Å². The van der Waals surface area contributed by atoms with Gasteiger partial charge in [0.25, 0.3) is 5.91 Å². The van der Waals surface area contributed by atoms with E-state index in [0.29, 0.717) is 29.7 Å². The molecule has 1 amide bonds. The third-order valence-corrected chi connectivity index (χ3v) is 7.62. The Morgan fingerprint density at radius 3 is 2.50 bits per heavy atom. The molecule has 0 unspecified atom stereocenters. The van der Waals surface area contributed by atoms with Gasteiger partial charge in [0.05, 0.1) is 10.7 Å². The van der Waals surface area contributed by atoms with Crippen LogP contribution in [0.4, 0.5) is 5.82 Å². The first-order chi connectivity index (χ1) is 16.1. The third-order valence-electron chi connectivity index (χ3n) is 7.26. The lowest BCUT2D eigenvalue weighted by molar-refractivity contribution is 0.0936. The van der Waals surface area contributed by atoms with Gasteiger partial charge in [0.15, 0.2) is 5.69 Å². The Morgan fingerprint density at radius 2 is 1.91 bits per heavy atom. The monoisotopic (exact) mass is 487 g/mol. The van der Waals surface area contributed by atoms with Gasteiger partial charge in [-0.05, 0) is 69.4 Å². The average molecular weight is 488 g/mol. The number of halogens is 1. The van der Waals surface area contributed by atoms with Crippen LogP contribution in [0.25, 0.3) is 11.3 Å². The molecule has 0 atom stereocenters.